The van der Waals surface area contributed by atoms with Crippen LogP contribution in [0.25, 0.3) is 0 Å². The number of benzene rings is 1. The molecule has 1 saturated carbocycles. The van der Waals surface area contributed by atoms with E-state index in [1.165, 1.54) is 0 Å². The molecule has 1 heterocycles. The lowest BCUT2D eigenvalue weighted by molar-refractivity contribution is 0.215. The van der Waals surface area contributed by atoms with Gasteiger partial charge < -0.3 is 4.74 Å². The molecule has 5 heteroatoms. The Bertz CT molecular complexity index is 624. The van der Waals surface area contributed by atoms with Gasteiger partial charge in [0.15, 0.2) is 0 Å². The Morgan fingerprint density at radius 3 is 2.70 bits per heavy atom. The highest BCUT2D eigenvalue weighted by atomic mass is 16.6. The van der Waals surface area contributed by atoms with Gasteiger partial charge in [-0.1, -0.05) is 18.2 Å². The monoisotopic (exact) mass is 269 g/mol. The predicted octanol–water partition coefficient (Wildman–Crippen LogP) is 3.27. The number of carbonyl (C=O) groups excluding carboxylic acids is 1. The summed E-state index contributed by atoms with van der Waals surface area (Å²) in [5.74, 6) is 1.30. The summed E-state index contributed by atoms with van der Waals surface area (Å²) in [5.41, 5.74) is 1.84. The van der Waals surface area contributed by atoms with E-state index >= 15 is 0 Å². The van der Waals surface area contributed by atoms with Crippen LogP contribution in [0.2, 0.25) is 0 Å². The quantitative estimate of drug-likeness (QED) is 0.928. The van der Waals surface area contributed by atoms with Crippen molar-refractivity contribution in [1.82, 2.24) is 9.97 Å². The third-order valence-electron chi connectivity index (χ3n) is 3.04. The van der Waals surface area contributed by atoms with E-state index in [0.29, 0.717) is 17.6 Å². The Labute approximate surface area is 117 Å². The van der Waals surface area contributed by atoms with Crippen LogP contribution in [-0.2, 0) is 0 Å². The molecular formula is C15H15N3O2. The van der Waals surface area contributed by atoms with E-state index in [1.54, 1.807) is 24.3 Å². The van der Waals surface area contributed by atoms with Gasteiger partial charge in [-0.15, -0.1) is 0 Å². The molecule has 1 aliphatic rings. The van der Waals surface area contributed by atoms with Crippen LogP contribution in [0.15, 0.2) is 36.4 Å². The van der Waals surface area contributed by atoms with Gasteiger partial charge in [-0.05, 0) is 38.0 Å². The first-order valence-corrected chi connectivity index (χ1v) is 6.60. The summed E-state index contributed by atoms with van der Waals surface area (Å²) < 4.78 is 5.14. The number of para-hydroxylation sites is 1. The third kappa shape index (κ3) is 3.12. The van der Waals surface area contributed by atoms with Crippen molar-refractivity contribution in [2.45, 2.75) is 25.7 Å². The number of ether oxygens (including phenoxy) is 1. The zero-order chi connectivity index (χ0) is 13.9. The van der Waals surface area contributed by atoms with E-state index in [-0.39, 0.29) is 0 Å². The molecule has 1 aromatic heterocycles. The first-order chi connectivity index (χ1) is 9.70. The molecule has 1 fully saturated rings. The zero-order valence-corrected chi connectivity index (χ0v) is 11.2. The molecule has 2 aromatic rings. The lowest BCUT2D eigenvalue weighted by Crippen LogP contribution is -2.19. The molecule has 3 rings (SSSR count). The lowest BCUT2D eigenvalue weighted by atomic mass is 10.2. The van der Waals surface area contributed by atoms with Crippen LogP contribution < -0.4 is 10.1 Å². The van der Waals surface area contributed by atoms with Crippen molar-refractivity contribution in [3.8, 4) is 5.75 Å². The number of aryl methyl sites for hydroxylation is 1. The molecule has 20 heavy (non-hydrogen) atoms. The van der Waals surface area contributed by atoms with Gasteiger partial charge in [-0.2, -0.15) is 0 Å². The number of anilines is 1. The minimum absolute atomic E-state index is 0.299. The summed E-state index contributed by atoms with van der Waals surface area (Å²) in [5, 5.41) is 2.57. The zero-order valence-electron chi connectivity index (χ0n) is 11.2. The van der Waals surface area contributed by atoms with Gasteiger partial charge in [0.25, 0.3) is 0 Å². The number of amides is 1. The van der Waals surface area contributed by atoms with Crippen LogP contribution in [0.5, 0.6) is 5.75 Å². The number of aromatic nitrogens is 2. The SMILES string of the molecule is Cc1cc(C2CC2)nc(NC(=O)Oc2ccccc2)n1. The summed E-state index contributed by atoms with van der Waals surface area (Å²) in [6.45, 7) is 1.89. The Morgan fingerprint density at radius 2 is 2.00 bits per heavy atom. The molecule has 1 amide bonds. The largest absolute Gasteiger partial charge is 0.419 e. The van der Waals surface area contributed by atoms with Crippen LogP contribution in [0.1, 0.15) is 30.1 Å². The maximum Gasteiger partial charge on any atom is 0.419 e. The summed E-state index contributed by atoms with van der Waals surface area (Å²) in [6.07, 6.45) is 1.73. The fourth-order valence-electron chi connectivity index (χ4n) is 1.95. The Balaban J connectivity index is 1.69. The van der Waals surface area contributed by atoms with Gasteiger partial charge >= 0.3 is 6.09 Å². The molecule has 1 aliphatic carbocycles. The second kappa shape index (κ2) is 5.28. The van der Waals surface area contributed by atoms with Crippen LogP contribution in [0.3, 0.4) is 0 Å². The van der Waals surface area contributed by atoms with E-state index < -0.39 is 6.09 Å². The number of hydrogen-bond donors (Lipinski definition) is 1. The number of hydrogen-bond acceptors (Lipinski definition) is 4. The van der Waals surface area contributed by atoms with Crippen molar-refractivity contribution in [3.63, 3.8) is 0 Å². The second-order valence-electron chi connectivity index (χ2n) is 4.86. The van der Waals surface area contributed by atoms with Crippen LogP contribution >= 0.6 is 0 Å². The van der Waals surface area contributed by atoms with Gasteiger partial charge in [0.2, 0.25) is 5.95 Å². The topological polar surface area (TPSA) is 64.1 Å². The van der Waals surface area contributed by atoms with E-state index in [2.05, 4.69) is 15.3 Å². The van der Waals surface area contributed by atoms with E-state index in [4.69, 9.17) is 4.74 Å². The molecule has 5 nitrogen and oxygen atoms in total. The van der Waals surface area contributed by atoms with Crippen molar-refractivity contribution in [1.29, 1.82) is 0 Å². The molecule has 0 spiro atoms. The molecular weight excluding hydrogens is 254 g/mol. The van der Waals surface area contributed by atoms with Crippen LogP contribution in [-0.4, -0.2) is 16.1 Å². The minimum Gasteiger partial charge on any atom is -0.410 e. The summed E-state index contributed by atoms with van der Waals surface area (Å²) >= 11 is 0. The molecule has 1 aromatic carbocycles. The highest BCUT2D eigenvalue weighted by Gasteiger charge is 2.26. The van der Waals surface area contributed by atoms with Crippen molar-refractivity contribution in [2.75, 3.05) is 5.32 Å². The Hall–Kier alpha value is -2.43. The fourth-order valence-corrected chi connectivity index (χ4v) is 1.95. The minimum atomic E-state index is -0.580. The molecule has 0 atom stereocenters. The fraction of sp³-hybridized carbons (Fsp3) is 0.267. The molecule has 0 saturated heterocycles. The Morgan fingerprint density at radius 1 is 1.25 bits per heavy atom. The third-order valence-corrected chi connectivity index (χ3v) is 3.04. The number of nitrogens with zero attached hydrogens (tertiary/aromatic N) is 2. The smallest absolute Gasteiger partial charge is 0.410 e. The average molecular weight is 269 g/mol. The molecule has 0 bridgehead atoms. The summed E-state index contributed by atoms with van der Waals surface area (Å²) in [6, 6.07) is 10.9. The highest BCUT2D eigenvalue weighted by molar-refractivity contribution is 5.84. The van der Waals surface area contributed by atoms with E-state index in [9.17, 15) is 4.79 Å². The van der Waals surface area contributed by atoms with Gasteiger partial charge in [-0.3, -0.25) is 5.32 Å². The molecule has 0 radical (unpaired) electrons. The summed E-state index contributed by atoms with van der Waals surface area (Å²) in [7, 11) is 0. The van der Waals surface area contributed by atoms with Crippen molar-refractivity contribution < 1.29 is 9.53 Å². The van der Waals surface area contributed by atoms with Gasteiger partial charge in [0.1, 0.15) is 5.75 Å². The normalized spacial score (nSPS) is 13.8. The van der Waals surface area contributed by atoms with Crippen molar-refractivity contribution in [2.24, 2.45) is 0 Å². The number of rotatable bonds is 3. The molecule has 1 N–H and O–H groups in total. The lowest BCUT2D eigenvalue weighted by Gasteiger charge is -2.07. The first-order valence-electron chi connectivity index (χ1n) is 6.60. The number of nitrogens with one attached hydrogen (secondary N) is 1. The van der Waals surface area contributed by atoms with Crippen LogP contribution in [0, 0.1) is 6.92 Å². The first kappa shape index (κ1) is 12.6. The molecule has 0 unspecified atom stereocenters. The maximum atomic E-state index is 11.8. The second-order valence-corrected chi connectivity index (χ2v) is 4.86. The average Bonchev–Trinajstić information content (AvgIpc) is 3.23. The Kier molecular flexibility index (Phi) is 3.33. The molecule has 0 aliphatic heterocycles. The maximum absolute atomic E-state index is 11.8. The van der Waals surface area contributed by atoms with E-state index in [0.717, 1.165) is 24.2 Å². The number of carbonyl (C=O) groups is 1. The molecule has 102 valence electrons. The van der Waals surface area contributed by atoms with Crippen LogP contribution in [0.4, 0.5) is 10.7 Å². The van der Waals surface area contributed by atoms with Gasteiger partial charge in [-0.25, -0.2) is 14.8 Å². The van der Waals surface area contributed by atoms with Crippen molar-refractivity contribution in [3.05, 3.63) is 47.8 Å². The highest BCUT2D eigenvalue weighted by Crippen LogP contribution is 2.39. The standard InChI is InChI=1S/C15H15N3O2/c1-10-9-13(11-7-8-11)17-14(16-10)18-15(19)20-12-5-3-2-4-6-12/h2-6,9,11H,7-8H2,1H3,(H,16,17,18,19). The van der Waals surface area contributed by atoms with Gasteiger partial charge in [0, 0.05) is 17.3 Å². The van der Waals surface area contributed by atoms with Crippen molar-refractivity contribution >= 4 is 12.0 Å². The van der Waals surface area contributed by atoms with Gasteiger partial charge in [0.05, 0.1) is 0 Å². The predicted molar refractivity (Wildman–Crippen MR) is 74.8 cm³/mol. The summed E-state index contributed by atoms with van der Waals surface area (Å²) in [4.78, 5) is 20.3. The van der Waals surface area contributed by atoms with E-state index in [1.807, 2.05) is 19.1 Å².